The van der Waals surface area contributed by atoms with Gasteiger partial charge in [-0.25, -0.2) is 0 Å². The van der Waals surface area contributed by atoms with E-state index < -0.39 is 0 Å². The van der Waals surface area contributed by atoms with Crippen molar-refractivity contribution < 1.29 is 0 Å². The minimum Gasteiger partial charge on any atom is -0.331 e. The van der Waals surface area contributed by atoms with E-state index in [1.165, 1.54) is 93.3 Å². The van der Waals surface area contributed by atoms with Gasteiger partial charge in [0.1, 0.15) is 0 Å². The van der Waals surface area contributed by atoms with Gasteiger partial charge in [-0.15, -0.1) is 0 Å². The largest absolute Gasteiger partial charge is 0.331 e. The number of nitrogens with two attached hydrogens (primary N) is 1. The fraction of sp³-hybridized carbons (Fsp3) is 0.0714. The summed E-state index contributed by atoms with van der Waals surface area (Å²) in [4.78, 5) is 2.55. The van der Waals surface area contributed by atoms with Gasteiger partial charge >= 0.3 is 0 Å². The van der Waals surface area contributed by atoms with Gasteiger partial charge in [0.25, 0.3) is 0 Å². The van der Waals surface area contributed by atoms with Crippen LogP contribution < -0.4 is 10.6 Å². The van der Waals surface area contributed by atoms with Gasteiger partial charge in [-0.3, -0.25) is 0 Å². The maximum atomic E-state index is 6.55. The van der Waals surface area contributed by atoms with Crippen LogP contribution in [0.1, 0.15) is 24.0 Å². The molecule has 0 radical (unpaired) electrons. The van der Waals surface area contributed by atoms with E-state index in [0.29, 0.717) is 6.54 Å². The van der Waals surface area contributed by atoms with Crippen molar-refractivity contribution in [3.05, 3.63) is 211 Å². The Hall–Kier alpha value is -7.20. The van der Waals surface area contributed by atoms with Gasteiger partial charge in [0.05, 0.1) is 16.6 Å². The molecule has 2 heterocycles. The summed E-state index contributed by atoms with van der Waals surface area (Å²) in [5.41, 5.74) is 19.6. The Kier molecular flexibility index (Phi) is 7.41. The Morgan fingerprint density at radius 2 is 1.12 bits per heavy atom. The Morgan fingerprint density at radius 3 is 1.90 bits per heavy atom. The molecule has 0 spiro atoms. The molecule has 2 unspecified atom stereocenters. The van der Waals surface area contributed by atoms with Crippen LogP contribution in [0.25, 0.3) is 82.1 Å². The summed E-state index contributed by atoms with van der Waals surface area (Å²) in [5, 5.41) is 10.1. The Morgan fingerprint density at radius 1 is 0.492 bits per heavy atom. The van der Waals surface area contributed by atoms with E-state index in [0.717, 1.165) is 11.3 Å². The smallest absolute Gasteiger partial charge is 0.0712 e. The van der Waals surface area contributed by atoms with Crippen molar-refractivity contribution in [2.75, 3.05) is 4.90 Å². The van der Waals surface area contributed by atoms with E-state index in [1.807, 2.05) is 0 Å². The second kappa shape index (κ2) is 12.9. The number of aromatic nitrogens is 1. The lowest BCUT2D eigenvalue weighted by atomic mass is 9.80. The lowest BCUT2D eigenvalue weighted by Crippen LogP contribution is -2.41. The molecule has 59 heavy (non-hydrogen) atoms. The zero-order valence-corrected chi connectivity index (χ0v) is 32.8. The van der Waals surface area contributed by atoms with E-state index in [1.54, 1.807) is 0 Å². The minimum absolute atomic E-state index is 0.209. The molecule has 0 saturated carbocycles. The van der Waals surface area contributed by atoms with E-state index in [9.17, 15) is 0 Å². The van der Waals surface area contributed by atoms with Crippen molar-refractivity contribution in [1.82, 2.24) is 4.57 Å². The van der Waals surface area contributed by atoms with Gasteiger partial charge in [0.15, 0.2) is 0 Å². The van der Waals surface area contributed by atoms with Crippen molar-refractivity contribution in [3.63, 3.8) is 0 Å². The number of benzene rings is 9. The lowest BCUT2D eigenvalue weighted by molar-refractivity contribution is 0.542. The molecule has 1 aliphatic carbocycles. The quantitative estimate of drug-likeness (QED) is 0.178. The third-order valence-corrected chi connectivity index (χ3v) is 13.1. The Labute approximate surface area is 343 Å². The van der Waals surface area contributed by atoms with Crippen LogP contribution in [-0.2, 0) is 6.54 Å². The van der Waals surface area contributed by atoms with Crippen molar-refractivity contribution in [2.45, 2.75) is 24.9 Å². The average molecular weight is 756 g/mol. The molecule has 9 aromatic carbocycles. The van der Waals surface area contributed by atoms with Gasteiger partial charge in [-0.2, -0.15) is 0 Å². The monoisotopic (exact) mass is 755 g/mol. The number of rotatable bonds is 5. The molecular formula is C56H41N3. The van der Waals surface area contributed by atoms with Gasteiger partial charge in [0.2, 0.25) is 0 Å². The fourth-order valence-electron chi connectivity index (χ4n) is 10.5. The van der Waals surface area contributed by atoms with Crippen LogP contribution in [0.3, 0.4) is 0 Å². The molecule has 0 bridgehead atoms. The molecule has 12 rings (SSSR count). The molecule has 1 aliphatic heterocycles. The highest BCUT2D eigenvalue weighted by molar-refractivity contribution is 6.26. The summed E-state index contributed by atoms with van der Waals surface area (Å²) >= 11 is 0. The average Bonchev–Trinajstić information content (AvgIpc) is 3.76. The second-order valence-electron chi connectivity index (χ2n) is 16.4. The second-order valence-corrected chi connectivity index (χ2v) is 16.4. The summed E-state index contributed by atoms with van der Waals surface area (Å²) in [6.45, 7) is 2.84. The summed E-state index contributed by atoms with van der Waals surface area (Å²) in [7, 11) is 0. The first-order chi connectivity index (χ1) is 29.1. The highest BCUT2D eigenvalue weighted by Gasteiger charge is 2.47. The molecular weight excluding hydrogens is 715 g/mol. The molecule has 10 aromatic rings. The zero-order valence-electron chi connectivity index (χ0n) is 32.8. The van der Waals surface area contributed by atoms with Crippen LogP contribution in [0.5, 0.6) is 0 Å². The van der Waals surface area contributed by atoms with E-state index in [4.69, 9.17) is 5.73 Å². The third-order valence-electron chi connectivity index (χ3n) is 13.1. The number of anilines is 2. The first-order valence-corrected chi connectivity index (χ1v) is 20.6. The molecule has 2 atom stereocenters. The minimum atomic E-state index is -0.209. The summed E-state index contributed by atoms with van der Waals surface area (Å²) in [5.74, 6) is 0.242. The van der Waals surface area contributed by atoms with Crippen LogP contribution in [0.4, 0.5) is 11.4 Å². The van der Waals surface area contributed by atoms with Crippen LogP contribution in [0, 0.1) is 0 Å². The van der Waals surface area contributed by atoms with Gasteiger partial charge in [-0.05, 0) is 133 Å². The highest BCUT2D eigenvalue weighted by Crippen LogP contribution is 2.55. The zero-order chi connectivity index (χ0) is 39.2. The first-order valence-electron chi connectivity index (χ1n) is 20.6. The lowest BCUT2D eigenvalue weighted by Gasteiger charge is -2.39. The maximum absolute atomic E-state index is 6.55. The summed E-state index contributed by atoms with van der Waals surface area (Å²) < 4.78 is 2.46. The van der Waals surface area contributed by atoms with Crippen molar-refractivity contribution in [2.24, 2.45) is 5.73 Å². The molecule has 0 fully saturated rings. The van der Waals surface area contributed by atoms with E-state index in [2.05, 4.69) is 217 Å². The van der Waals surface area contributed by atoms with E-state index >= 15 is 0 Å². The maximum Gasteiger partial charge on any atom is 0.0712 e. The summed E-state index contributed by atoms with van der Waals surface area (Å²) in [6.07, 6.45) is 9.16. The number of hydrogen-bond acceptors (Lipinski definition) is 2. The van der Waals surface area contributed by atoms with Crippen molar-refractivity contribution >= 4 is 65.5 Å². The predicted molar refractivity (Wildman–Crippen MR) is 250 cm³/mol. The molecule has 0 amide bonds. The number of nitrogens with zero attached hydrogens (tertiary/aromatic N) is 2. The van der Waals surface area contributed by atoms with Gasteiger partial charge < -0.3 is 15.2 Å². The van der Waals surface area contributed by atoms with Crippen LogP contribution in [0.2, 0.25) is 0 Å². The topological polar surface area (TPSA) is 34.2 Å². The molecule has 2 N–H and O–H groups in total. The number of fused-ring (bicyclic) bond motifs is 12. The van der Waals surface area contributed by atoms with Gasteiger partial charge in [-0.1, -0.05) is 140 Å². The normalized spacial score (nSPS) is 17.1. The number of para-hydroxylation sites is 2. The Bertz CT molecular complexity index is 3410. The summed E-state index contributed by atoms with van der Waals surface area (Å²) in [6, 6.07) is 64.8. The number of hydrogen-bond donors (Lipinski definition) is 1. The first kappa shape index (κ1) is 33.9. The van der Waals surface area contributed by atoms with Crippen LogP contribution in [-0.4, -0.2) is 10.1 Å². The predicted octanol–water partition coefficient (Wildman–Crippen LogP) is 14.2. The molecule has 2 aliphatic rings. The fourth-order valence-corrected chi connectivity index (χ4v) is 10.5. The SMILES string of the molecule is CC12C=CC=CC1c1cc3c4ccccc4n(-c4cccc(-c5cccc(-c6cc(CN)c7c8ccccc8c8ccccc8c7c6)c5)c4)c3cc1N2c1ccccc1. The van der Waals surface area contributed by atoms with Crippen molar-refractivity contribution in [1.29, 1.82) is 0 Å². The molecule has 0 saturated heterocycles. The van der Waals surface area contributed by atoms with Crippen LogP contribution >= 0.6 is 0 Å². The Balaban J connectivity index is 1.02. The molecule has 280 valence electrons. The molecule has 1 aromatic heterocycles. The van der Waals surface area contributed by atoms with Crippen LogP contribution in [0.15, 0.2) is 200 Å². The van der Waals surface area contributed by atoms with Gasteiger partial charge in [0, 0.05) is 40.3 Å². The molecule has 3 nitrogen and oxygen atoms in total. The standard InChI is InChI=1S/C56H41N3/c1-56-28-12-11-26-51(56)50-33-48-46-24-9-10-27-52(46)58(53(48)34-54(50)59(56)41-18-3-2-4-19-41)42-20-14-17-38(31-42)36-15-13-16-37(29-36)39-30-40(35-57)55-47-25-8-7-22-44(47)43-21-5-6-23-45(43)49(55)32-39/h2-34,51H,35,57H2,1H3. The van der Waals surface area contributed by atoms with E-state index in [-0.39, 0.29) is 11.5 Å². The highest BCUT2D eigenvalue weighted by atomic mass is 15.2. The third kappa shape index (κ3) is 4.98. The number of allylic oxidation sites excluding steroid dienone is 2. The molecule has 3 heteroatoms. The van der Waals surface area contributed by atoms with Crippen molar-refractivity contribution in [3.8, 4) is 27.9 Å².